The summed E-state index contributed by atoms with van der Waals surface area (Å²) in [5.74, 6) is -0.381. The van der Waals surface area contributed by atoms with Crippen LogP contribution in [-0.2, 0) is 11.4 Å². The molecule has 3 aromatic carbocycles. The van der Waals surface area contributed by atoms with Crippen LogP contribution in [0, 0.1) is 24.1 Å². The fraction of sp³-hybridized carbons (Fsp3) is 0.0833. The molecule has 6 heteroatoms. The molecule has 0 saturated carbocycles. The molecular weight excluding hydrogens is 447 g/mol. The topological polar surface area (TPSA) is 62.1 Å². The Kier molecular flexibility index (Phi) is 6.99. The van der Waals surface area contributed by atoms with Gasteiger partial charge in [0.1, 0.15) is 29.8 Å². The van der Waals surface area contributed by atoms with Crippen molar-refractivity contribution < 1.29 is 13.9 Å². The molecule has 150 valence electrons. The highest BCUT2D eigenvalue weighted by atomic mass is 79.9. The molecule has 0 atom stereocenters. The van der Waals surface area contributed by atoms with Crippen molar-refractivity contribution in [2.24, 2.45) is 0 Å². The number of carbonyl (C=O) groups excluding carboxylic acids is 1. The van der Waals surface area contributed by atoms with Crippen molar-refractivity contribution in [3.05, 3.63) is 99.3 Å². The summed E-state index contributed by atoms with van der Waals surface area (Å²) < 4.78 is 20.0. The van der Waals surface area contributed by atoms with Gasteiger partial charge < -0.3 is 10.1 Å². The van der Waals surface area contributed by atoms with E-state index in [1.165, 1.54) is 18.2 Å². The molecule has 30 heavy (non-hydrogen) atoms. The minimum Gasteiger partial charge on any atom is -0.488 e. The van der Waals surface area contributed by atoms with Gasteiger partial charge in [-0.1, -0.05) is 46.3 Å². The Balaban J connectivity index is 1.84. The minimum absolute atomic E-state index is 0.0630. The summed E-state index contributed by atoms with van der Waals surface area (Å²) in [5.41, 5.74) is 2.69. The van der Waals surface area contributed by atoms with E-state index in [1.807, 2.05) is 31.2 Å². The zero-order valence-corrected chi connectivity index (χ0v) is 17.7. The van der Waals surface area contributed by atoms with E-state index in [2.05, 4.69) is 21.2 Å². The molecule has 0 saturated heterocycles. The molecule has 0 spiro atoms. The van der Waals surface area contributed by atoms with E-state index in [1.54, 1.807) is 36.4 Å². The summed E-state index contributed by atoms with van der Waals surface area (Å²) in [6, 6.07) is 20.7. The summed E-state index contributed by atoms with van der Waals surface area (Å²) in [6.45, 7) is 2.02. The summed E-state index contributed by atoms with van der Waals surface area (Å²) in [6.07, 6.45) is 1.47. The van der Waals surface area contributed by atoms with Gasteiger partial charge in [-0.3, -0.25) is 4.79 Å². The monoisotopic (exact) mass is 464 g/mol. The van der Waals surface area contributed by atoms with E-state index in [4.69, 9.17) is 4.74 Å². The van der Waals surface area contributed by atoms with Crippen LogP contribution in [0.15, 0.2) is 76.8 Å². The number of halogens is 2. The first-order chi connectivity index (χ1) is 14.5. The van der Waals surface area contributed by atoms with Gasteiger partial charge in [0.15, 0.2) is 0 Å². The summed E-state index contributed by atoms with van der Waals surface area (Å²) in [4.78, 5) is 12.6. The number of nitrogens with zero attached hydrogens (tertiary/aromatic N) is 1. The lowest BCUT2D eigenvalue weighted by Crippen LogP contribution is -2.14. The maximum Gasteiger partial charge on any atom is 0.266 e. The average molecular weight is 465 g/mol. The Morgan fingerprint density at radius 3 is 2.70 bits per heavy atom. The molecular formula is C24H18BrFN2O2. The van der Waals surface area contributed by atoms with Crippen molar-refractivity contribution >= 4 is 33.6 Å². The number of carbonyl (C=O) groups is 1. The summed E-state index contributed by atoms with van der Waals surface area (Å²) in [5, 5.41) is 12.3. The highest BCUT2D eigenvalue weighted by Gasteiger charge is 2.13. The first kappa shape index (κ1) is 21.3. The van der Waals surface area contributed by atoms with Crippen molar-refractivity contribution in [1.82, 2.24) is 0 Å². The number of para-hydroxylation sites is 1. The van der Waals surface area contributed by atoms with Crippen molar-refractivity contribution in [3.63, 3.8) is 0 Å². The molecule has 0 heterocycles. The van der Waals surface area contributed by atoms with Crippen LogP contribution >= 0.6 is 15.9 Å². The Bertz CT molecular complexity index is 1150. The molecule has 1 N–H and O–H groups in total. The predicted molar refractivity (Wildman–Crippen MR) is 118 cm³/mol. The van der Waals surface area contributed by atoms with Crippen LogP contribution in [0.4, 0.5) is 10.1 Å². The lowest BCUT2D eigenvalue weighted by Gasteiger charge is -2.11. The third-order valence-corrected chi connectivity index (χ3v) is 4.81. The second kappa shape index (κ2) is 9.86. The minimum atomic E-state index is -0.511. The van der Waals surface area contributed by atoms with Crippen LogP contribution in [0.25, 0.3) is 6.08 Å². The molecule has 0 aliphatic rings. The van der Waals surface area contributed by atoms with Crippen LogP contribution in [-0.4, -0.2) is 5.91 Å². The van der Waals surface area contributed by atoms with E-state index >= 15 is 0 Å². The van der Waals surface area contributed by atoms with E-state index in [9.17, 15) is 14.4 Å². The average Bonchev–Trinajstić information content (AvgIpc) is 2.73. The number of hydrogen-bond acceptors (Lipinski definition) is 3. The smallest absolute Gasteiger partial charge is 0.266 e. The first-order valence-corrected chi connectivity index (χ1v) is 9.91. The molecule has 0 bridgehead atoms. The van der Waals surface area contributed by atoms with Gasteiger partial charge in [-0.2, -0.15) is 5.26 Å². The highest BCUT2D eigenvalue weighted by Crippen LogP contribution is 2.27. The first-order valence-electron chi connectivity index (χ1n) is 9.12. The van der Waals surface area contributed by atoms with E-state index < -0.39 is 5.91 Å². The molecule has 3 aromatic rings. The van der Waals surface area contributed by atoms with Gasteiger partial charge in [-0.25, -0.2) is 4.39 Å². The van der Waals surface area contributed by atoms with Crippen molar-refractivity contribution in [2.45, 2.75) is 13.5 Å². The van der Waals surface area contributed by atoms with Gasteiger partial charge in [0, 0.05) is 15.7 Å². The quantitative estimate of drug-likeness (QED) is 0.358. The predicted octanol–water partition coefficient (Wildman–Crippen LogP) is 6.02. The molecule has 0 fully saturated rings. The second-order valence-electron chi connectivity index (χ2n) is 6.54. The summed E-state index contributed by atoms with van der Waals surface area (Å²) in [7, 11) is 0. The fourth-order valence-corrected chi connectivity index (χ4v) is 3.14. The number of hydrogen-bond donors (Lipinski definition) is 1. The van der Waals surface area contributed by atoms with E-state index in [0.29, 0.717) is 22.6 Å². The largest absolute Gasteiger partial charge is 0.488 e. The lowest BCUT2D eigenvalue weighted by atomic mass is 10.1. The van der Waals surface area contributed by atoms with Gasteiger partial charge in [0.05, 0.1) is 0 Å². The number of ether oxygens (including phenoxy) is 1. The number of rotatable bonds is 6. The van der Waals surface area contributed by atoms with Crippen molar-refractivity contribution in [3.8, 4) is 11.8 Å². The Morgan fingerprint density at radius 1 is 1.17 bits per heavy atom. The Labute approximate surface area is 182 Å². The fourth-order valence-electron chi connectivity index (χ4n) is 2.76. The number of nitriles is 1. The van der Waals surface area contributed by atoms with Crippen LogP contribution in [0.5, 0.6) is 5.75 Å². The molecule has 4 nitrogen and oxygen atoms in total. The van der Waals surface area contributed by atoms with Gasteiger partial charge >= 0.3 is 0 Å². The molecule has 0 unspecified atom stereocenters. The molecule has 3 rings (SSSR count). The molecule has 0 aliphatic carbocycles. The number of anilines is 1. The van der Waals surface area contributed by atoms with Crippen LogP contribution in [0.2, 0.25) is 0 Å². The molecule has 1 amide bonds. The summed E-state index contributed by atoms with van der Waals surface area (Å²) >= 11 is 3.40. The van der Waals surface area contributed by atoms with E-state index in [0.717, 1.165) is 10.0 Å². The maximum atomic E-state index is 13.4. The number of aryl methyl sites for hydroxylation is 1. The van der Waals surface area contributed by atoms with Crippen molar-refractivity contribution in [1.29, 1.82) is 5.26 Å². The zero-order valence-electron chi connectivity index (χ0n) is 16.2. The third-order valence-electron chi connectivity index (χ3n) is 4.31. The standard InChI is InChI=1S/C24H18BrFN2O2/c1-16-5-2-3-8-22(16)28-24(29)19(14-27)12-18-13-20(25)9-10-23(18)30-15-17-6-4-7-21(26)11-17/h2-13H,15H2,1H3,(H,28,29)/b19-12+. The number of nitrogens with one attached hydrogen (secondary N) is 1. The third kappa shape index (κ3) is 5.56. The molecule has 0 aliphatic heterocycles. The number of amides is 1. The second-order valence-corrected chi connectivity index (χ2v) is 7.46. The maximum absolute atomic E-state index is 13.4. The van der Waals surface area contributed by atoms with Gasteiger partial charge in [-0.05, 0) is 60.5 Å². The van der Waals surface area contributed by atoms with Gasteiger partial charge in [-0.15, -0.1) is 0 Å². The van der Waals surface area contributed by atoms with Crippen LogP contribution in [0.1, 0.15) is 16.7 Å². The lowest BCUT2D eigenvalue weighted by molar-refractivity contribution is -0.112. The Hall–Kier alpha value is -3.43. The van der Waals surface area contributed by atoms with Crippen LogP contribution < -0.4 is 10.1 Å². The zero-order chi connectivity index (χ0) is 21.5. The van der Waals surface area contributed by atoms with E-state index in [-0.39, 0.29) is 18.0 Å². The Morgan fingerprint density at radius 2 is 1.97 bits per heavy atom. The number of benzene rings is 3. The van der Waals surface area contributed by atoms with Crippen molar-refractivity contribution in [2.75, 3.05) is 5.32 Å². The molecule has 0 radical (unpaired) electrons. The highest BCUT2D eigenvalue weighted by molar-refractivity contribution is 9.10. The SMILES string of the molecule is Cc1ccccc1NC(=O)/C(C#N)=C/c1cc(Br)ccc1OCc1cccc(F)c1. The van der Waals surface area contributed by atoms with Crippen LogP contribution in [0.3, 0.4) is 0 Å². The normalized spacial score (nSPS) is 10.9. The van der Waals surface area contributed by atoms with Gasteiger partial charge in [0.2, 0.25) is 0 Å². The van der Waals surface area contributed by atoms with Gasteiger partial charge in [0.25, 0.3) is 5.91 Å². The molecule has 0 aromatic heterocycles.